The normalized spacial score (nSPS) is 13.7. The van der Waals surface area contributed by atoms with Gasteiger partial charge in [0.2, 0.25) is 0 Å². The third-order valence-corrected chi connectivity index (χ3v) is 10.6. The Morgan fingerprint density at radius 3 is 1.63 bits per heavy atom. The Kier molecular flexibility index (Phi) is 9.25. The Hall–Kier alpha value is -4.45. The third-order valence-electron chi connectivity index (χ3n) is 8.48. The highest BCUT2D eigenvalue weighted by atomic mass is 32.1. The zero-order valence-electron chi connectivity index (χ0n) is 26.1. The molecule has 2 heterocycles. The molecule has 3 nitrogen and oxygen atoms in total. The van der Waals surface area contributed by atoms with E-state index in [2.05, 4.69) is 79.3 Å². The predicted molar refractivity (Wildman–Crippen MR) is 206 cm³/mol. The van der Waals surface area contributed by atoms with E-state index >= 15 is 0 Å². The van der Waals surface area contributed by atoms with Crippen molar-refractivity contribution in [1.29, 1.82) is 0 Å². The van der Waals surface area contributed by atoms with Crippen LogP contribution in [0.5, 0.6) is 0 Å². The number of benzene rings is 4. The molecule has 0 spiro atoms. The van der Waals surface area contributed by atoms with Gasteiger partial charge in [-0.3, -0.25) is 15.0 Å². The number of allylic oxidation sites excluding steroid dienone is 2. The Balaban J connectivity index is 0.00000372. The first-order valence-corrected chi connectivity index (χ1v) is 17.1. The minimum Gasteiger partial charge on any atom is -0.262 e. The monoisotopic (exact) mass is 637 g/mol. The van der Waals surface area contributed by atoms with E-state index in [1.165, 1.54) is 53.0 Å². The molecule has 5 heteroatoms. The summed E-state index contributed by atoms with van der Waals surface area (Å²) < 4.78 is 2.73. The van der Waals surface area contributed by atoms with Gasteiger partial charge in [-0.25, -0.2) is 0 Å². The van der Waals surface area contributed by atoms with Gasteiger partial charge in [0.05, 0.1) is 17.1 Å². The van der Waals surface area contributed by atoms with Crippen LogP contribution in [-0.2, 0) is 0 Å². The SMILES string of the molecule is C.CC=Nc1ccc(N=Cc2ccc(N=Cc3ccc4c(C5=C(c6c(C)sc7cc(C)ccc67)CCC5)c(C)sc4c3)cc2)cc1. The summed E-state index contributed by atoms with van der Waals surface area (Å²) in [5.74, 6) is 0. The number of rotatable bonds is 7. The summed E-state index contributed by atoms with van der Waals surface area (Å²) in [4.78, 5) is 16.5. The number of aliphatic imine (C=N–C) groups is 3. The molecule has 46 heavy (non-hydrogen) atoms. The molecule has 2 aromatic heterocycles. The molecule has 0 amide bonds. The van der Waals surface area contributed by atoms with Gasteiger partial charge in [0, 0.05) is 48.6 Å². The number of nitrogens with zero attached hydrogens (tertiary/aromatic N) is 3. The maximum Gasteiger partial charge on any atom is 0.0631 e. The van der Waals surface area contributed by atoms with Crippen molar-refractivity contribution < 1.29 is 0 Å². The van der Waals surface area contributed by atoms with Gasteiger partial charge in [-0.2, -0.15) is 0 Å². The lowest BCUT2D eigenvalue weighted by molar-refractivity contribution is 0.942. The van der Waals surface area contributed by atoms with Crippen LogP contribution in [0.4, 0.5) is 17.1 Å². The summed E-state index contributed by atoms with van der Waals surface area (Å²) in [5, 5.41) is 2.79. The summed E-state index contributed by atoms with van der Waals surface area (Å²) in [6, 6.07) is 29.8. The van der Waals surface area contributed by atoms with Gasteiger partial charge in [0.15, 0.2) is 0 Å². The van der Waals surface area contributed by atoms with Crippen molar-refractivity contribution in [3.8, 4) is 0 Å². The predicted octanol–water partition coefficient (Wildman–Crippen LogP) is 13.0. The summed E-state index contributed by atoms with van der Waals surface area (Å²) in [6.07, 6.45) is 9.17. The van der Waals surface area contributed by atoms with Crippen molar-refractivity contribution in [2.75, 3.05) is 0 Å². The topological polar surface area (TPSA) is 37.1 Å². The van der Waals surface area contributed by atoms with E-state index in [9.17, 15) is 0 Å². The van der Waals surface area contributed by atoms with Crippen molar-refractivity contribution in [1.82, 2.24) is 0 Å². The summed E-state index contributed by atoms with van der Waals surface area (Å²) in [5.41, 5.74) is 12.3. The molecule has 0 fully saturated rings. The van der Waals surface area contributed by atoms with Crippen LogP contribution in [-0.4, -0.2) is 18.6 Å². The maximum atomic E-state index is 4.78. The van der Waals surface area contributed by atoms with Crippen LogP contribution >= 0.6 is 22.7 Å². The van der Waals surface area contributed by atoms with E-state index in [1.807, 2.05) is 78.4 Å². The second-order valence-corrected chi connectivity index (χ2v) is 14.2. The lowest BCUT2D eigenvalue weighted by Gasteiger charge is -2.10. The molecule has 0 saturated heterocycles. The second-order valence-electron chi connectivity index (χ2n) is 11.6. The van der Waals surface area contributed by atoms with Crippen LogP contribution < -0.4 is 0 Å². The highest BCUT2D eigenvalue weighted by molar-refractivity contribution is 7.19. The van der Waals surface area contributed by atoms with E-state index in [0.717, 1.165) is 41.0 Å². The molecule has 230 valence electrons. The largest absolute Gasteiger partial charge is 0.262 e. The third kappa shape index (κ3) is 6.31. The number of thiophene rings is 2. The molecule has 1 aliphatic rings. The first-order chi connectivity index (χ1) is 22.0. The molecule has 0 unspecified atom stereocenters. The Bertz CT molecular complexity index is 2150. The first-order valence-electron chi connectivity index (χ1n) is 15.5. The number of aryl methyl sites for hydroxylation is 3. The van der Waals surface area contributed by atoms with Crippen molar-refractivity contribution in [2.45, 2.75) is 54.4 Å². The van der Waals surface area contributed by atoms with E-state index in [4.69, 9.17) is 4.99 Å². The van der Waals surface area contributed by atoms with Gasteiger partial charge in [-0.1, -0.05) is 43.8 Å². The minimum absolute atomic E-state index is 0. The van der Waals surface area contributed by atoms with Crippen molar-refractivity contribution in [3.05, 3.63) is 123 Å². The Morgan fingerprint density at radius 2 is 1.04 bits per heavy atom. The van der Waals surface area contributed by atoms with Crippen LogP contribution in [0.15, 0.2) is 99.9 Å². The number of hydrogen-bond acceptors (Lipinski definition) is 5. The van der Waals surface area contributed by atoms with Crippen molar-refractivity contribution >= 4 is 89.7 Å². The molecule has 7 rings (SSSR count). The minimum atomic E-state index is 0. The van der Waals surface area contributed by atoms with E-state index < -0.39 is 0 Å². The Labute approximate surface area is 280 Å². The van der Waals surface area contributed by atoms with Crippen LogP contribution in [0.25, 0.3) is 31.3 Å². The van der Waals surface area contributed by atoms with Crippen LogP contribution in [0.1, 0.15) is 71.2 Å². The van der Waals surface area contributed by atoms with Crippen molar-refractivity contribution in [3.63, 3.8) is 0 Å². The maximum absolute atomic E-state index is 4.78. The average molecular weight is 638 g/mol. The average Bonchev–Trinajstić information content (AvgIpc) is 3.73. The molecule has 0 bridgehead atoms. The van der Waals surface area contributed by atoms with Crippen molar-refractivity contribution in [2.24, 2.45) is 15.0 Å². The Morgan fingerprint density at radius 1 is 0.565 bits per heavy atom. The summed E-state index contributed by atoms with van der Waals surface area (Å²) in [6.45, 7) is 8.69. The van der Waals surface area contributed by atoms with Gasteiger partial charge in [-0.05, 0) is 134 Å². The summed E-state index contributed by atoms with van der Waals surface area (Å²) >= 11 is 3.84. The van der Waals surface area contributed by atoms with Gasteiger partial charge in [-0.15, -0.1) is 22.7 Å². The molecule has 0 N–H and O–H groups in total. The zero-order valence-corrected chi connectivity index (χ0v) is 27.7. The molecular formula is C41H39N3S2. The highest BCUT2D eigenvalue weighted by Crippen LogP contribution is 2.49. The van der Waals surface area contributed by atoms with Gasteiger partial charge < -0.3 is 0 Å². The van der Waals surface area contributed by atoms with Crippen LogP contribution in [0.3, 0.4) is 0 Å². The number of hydrogen-bond donors (Lipinski definition) is 0. The zero-order chi connectivity index (χ0) is 30.9. The van der Waals surface area contributed by atoms with Gasteiger partial charge >= 0.3 is 0 Å². The molecule has 0 radical (unpaired) electrons. The first kappa shape index (κ1) is 31.5. The quantitative estimate of drug-likeness (QED) is 0.156. The molecule has 0 atom stereocenters. The van der Waals surface area contributed by atoms with Gasteiger partial charge in [0.25, 0.3) is 0 Å². The molecule has 6 aromatic rings. The smallest absolute Gasteiger partial charge is 0.0631 e. The molecule has 0 aliphatic heterocycles. The fourth-order valence-corrected chi connectivity index (χ4v) is 8.74. The second kappa shape index (κ2) is 13.5. The number of fused-ring (bicyclic) bond motifs is 2. The van der Waals surface area contributed by atoms with E-state index in [-0.39, 0.29) is 7.43 Å². The van der Waals surface area contributed by atoms with E-state index in [1.54, 1.807) is 17.4 Å². The molecular weight excluding hydrogens is 599 g/mol. The summed E-state index contributed by atoms with van der Waals surface area (Å²) in [7, 11) is 0. The molecule has 1 aliphatic carbocycles. The standard InChI is InChI=1S/C40H35N3S2.CH4/c1-5-41-30-15-17-32(18-16-30)42-23-28-10-13-31(14-11-28)43-24-29-12-20-36-38(22-29)45-27(4)40(36)34-8-6-7-33(34)39-26(3)44-37-21-25(2)9-19-35(37)39;/h5,9-24H,6-8H2,1-4H3;1H4. The van der Waals surface area contributed by atoms with Crippen LogP contribution in [0, 0.1) is 20.8 Å². The van der Waals surface area contributed by atoms with Gasteiger partial charge in [0.1, 0.15) is 0 Å². The lowest BCUT2D eigenvalue weighted by Crippen LogP contribution is -1.89. The molecule has 4 aromatic carbocycles. The molecule has 0 saturated carbocycles. The van der Waals surface area contributed by atoms with E-state index in [0.29, 0.717) is 0 Å². The fourth-order valence-electron chi connectivity index (χ4n) is 6.41. The highest BCUT2D eigenvalue weighted by Gasteiger charge is 2.25. The van der Waals surface area contributed by atoms with Crippen LogP contribution in [0.2, 0.25) is 0 Å². The fraction of sp³-hybridized carbons (Fsp3) is 0.195. The lowest BCUT2D eigenvalue weighted by atomic mass is 9.93.